The van der Waals surface area contributed by atoms with E-state index in [9.17, 15) is 9.59 Å². The minimum Gasteiger partial charge on any atom is -0.419 e. The summed E-state index contributed by atoms with van der Waals surface area (Å²) in [6.07, 6.45) is 2.68. The maximum absolute atomic E-state index is 12.8. The molecule has 27 heavy (non-hydrogen) atoms. The highest BCUT2D eigenvalue weighted by atomic mass is 35.5. The molecule has 1 atom stereocenters. The van der Waals surface area contributed by atoms with Crippen LogP contribution in [-0.2, 0) is 4.74 Å². The summed E-state index contributed by atoms with van der Waals surface area (Å²) in [6, 6.07) is 3.18. The summed E-state index contributed by atoms with van der Waals surface area (Å²) in [5.74, 6) is -0.149. The number of anilines is 1. The van der Waals surface area contributed by atoms with Crippen LogP contribution in [0.1, 0.15) is 29.3 Å². The van der Waals surface area contributed by atoms with E-state index in [4.69, 9.17) is 16.3 Å². The Morgan fingerprint density at radius 3 is 2.78 bits per heavy atom. The highest BCUT2D eigenvalue weighted by Crippen LogP contribution is 2.35. The van der Waals surface area contributed by atoms with Crippen LogP contribution in [0.2, 0.25) is 5.02 Å². The Hall–Kier alpha value is -2.78. The molecule has 0 unspecified atom stereocenters. The topological polar surface area (TPSA) is 101 Å². The Bertz CT molecular complexity index is 832. The lowest BCUT2D eigenvalue weighted by atomic mass is 10.3. The zero-order chi connectivity index (χ0) is 19.4. The predicted molar refractivity (Wildman–Crippen MR) is 98.5 cm³/mol. The number of rotatable bonds is 6. The molecule has 1 N–H and O–H groups in total. The molecule has 0 saturated heterocycles. The van der Waals surface area contributed by atoms with E-state index in [0.717, 1.165) is 0 Å². The van der Waals surface area contributed by atoms with E-state index in [2.05, 4.69) is 20.3 Å². The Morgan fingerprint density at radius 1 is 1.33 bits per heavy atom. The largest absolute Gasteiger partial charge is 0.419 e. The Kier molecular flexibility index (Phi) is 5.82. The molecule has 2 amide bonds. The average Bonchev–Trinajstić information content (AvgIpc) is 2.95. The molecule has 2 aromatic rings. The fourth-order valence-corrected chi connectivity index (χ4v) is 2.79. The standard InChI is InChI=1S/C17H19ClN6O3/c1-3-23(9-8-19-2)17(26)27-16-14-13(20-6-7-21-14)15(25)24(16)12-5-4-11(18)10-22-12/h4-7,10,16,19H,3,8-9H2,1-2H3/t16-/m0/s1. The van der Waals surface area contributed by atoms with E-state index < -0.39 is 18.2 Å². The van der Waals surface area contributed by atoms with Crippen LogP contribution in [0.4, 0.5) is 10.6 Å². The molecule has 2 aromatic heterocycles. The van der Waals surface area contributed by atoms with Gasteiger partial charge in [0.2, 0.25) is 6.23 Å². The van der Waals surface area contributed by atoms with E-state index in [1.807, 2.05) is 6.92 Å². The van der Waals surface area contributed by atoms with Gasteiger partial charge in [0, 0.05) is 38.2 Å². The second kappa shape index (κ2) is 8.28. The SMILES string of the molecule is CCN(CCNC)C(=O)O[C@H]1c2nccnc2C(=O)N1c1ccc(Cl)cn1. The number of ether oxygens (including phenoxy) is 1. The number of halogens is 1. The summed E-state index contributed by atoms with van der Waals surface area (Å²) >= 11 is 5.88. The fourth-order valence-electron chi connectivity index (χ4n) is 2.68. The zero-order valence-corrected chi connectivity index (χ0v) is 15.7. The number of nitrogens with zero attached hydrogens (tertiary/aromatic N) is 5. The lowest BCUT2D eigenvalue weighted by Gasteiger charge is -2.27. The molecule has 1 aliphatic heterocycles. The third kappa shape index (κ3) is 3.83. The maximum atomic E-state index is 12.8. The first-order chi connectivity index (χ1) is 13.1. The van der Waals surface area contributed by atoms with Crippen LogP contribution >= 0.6 is 11.6 Å². The molecule has 0 spiro atoms. The van der Waals surface area contributed by atoms with Gasteiger partial charge in [0.1, 0.15) is 11.5 Å². The van der Waals surface area contributed by atoms with Crippen LogP contribution in [0.25, 0.3) is 0 Å². The molecule has 0 bridgehead atoms. The number of aromatic nitrogens is 3. The number of fused-ring (bicyclic) bond motifs is 1. The Morgan fingerprint density at radius 2 is 2.11 bits per heavy atom. The first-order valence-electron chi connectivity index (χ1n) is 8.43. The van der Waals surface area contributed by atoms with Crippen molar-refractivity contribution in [2.24, 2.45) is 0 Å². The maximum Gasteiger partial charge on any atom is 0.412 e. The quantitative estimate of drug-likeness (QED) is 0.803. The van der Waals surface area contributed by atoms with Gasteiger partial charge in [0.25, 0.3) is 5.91 Å². The highest BCUT2D eigenvalue weighted by molar-refractivity contribution is 6.30. The van der Waals surface area contributed by atoms with Crippen LogP contribution in [0, 0.1) is 0 Å². The Balaban J connectivity index is 1.92. The Labute approximate surface area is 161 Å². The summed E-state index contributed by atoms with van der Waals surface area (Å²) < 4.78 is 5.64. The lowest BCUT2D eigenvalue weighted by Crippen LogP contribution is -2.39. The minimum absolute atomic E-state index is 0.130. The number of hydrogen-bond donors (Lipinski definition) is 1. The molecule has 142 valence electrons. The van der Waals surface area contributed by atoms with Crippen molar-refractivity contribution in [2.75, 3.05) is 31.6 Å². The average molecular weight is 391 g/mol. The molecule has 3 heterocycles. The number of carbonyl (C=O) groups is 2. The van der Waals surface area contributed by atoms with E-state index in [0.29, 0.717) is 30.5 Å². The molecule has 3 rings (SSSR count). The number of carbonyl (C=O) groups excluding carboxylic acids is 2. The molecular weight excluding hydrogens is 372 g/mol. The third-order valence-corrected chi connectivity index (χ3v) is 4.28. The van der Waals surface area contributed by atoms with Gasteiger partial charge in [-0.2, -0.15) is 0 Å². The van der Waals surface area contributed by atoms with Crippen LogP contribution in [-0.4, -0.2) is 58.5 Å². The second-order valence-electron chi connectivity index (χ2n) is 5.72. The summed E-state index contributed by atoms with van der Waals surface area (Å²) in [5, 5.41) is 3.41. The predicted octanol–water partition coefficient (Wildman–Crippen LogP) is 1.86. The normalized spacial score (nSPS) is 15.6. The molecule has 0 radical (unpaired) electrons. The van der Waals surface area contributed by atoms with Crippen LogP contribution in [0.15, 0.2) is 30.7 Å². The van der Waals surface area contributed by atoms with Gasteiger partial charge in [-0.1, -0.05) is 11.6 Å². The third-order valence-electron chi connectivity index (χ3n) is 4.06. The van der Waals surface area contributed by atoms with Crippen LogP contribution in [0.5, 0.6) is 0 Å². The smallest absolute Gasteiger partial charge is 0.412 e. The van der Waals surface area contributed by atoms with Crippen molar-refractivity contribution in [3.63, 3.8) is 0 Å². The summed E-state index contributed by atoms with van der Waals surface area (Å²) in [7, 11) is 1.80. The molecule has 0 aliphatic carbocycles. The van der Waals surface area contributed by atoms with E-state index in [1.54, 1.807) is 19.2 Å². The van der Waals surface area contributed by atoms with E-state index in [-0.39, 0.29) is 11.4 Å². The van der Waals surface area contributed by atoms with Gasteiger partial charge in [-0.3, -0.25) is 9.78 Å². The van der Waals surface area contributed by atoms with Gasteiger partial charge in [-0.05, 0) is 26.1 Å². The van der Waals surface area contributed by atoms with Crippen molar-refractivity contribution in [3.8, 4) is 0 Å². The van der Waals surface area contributed by atoms with Gasteiger partial charge in [-0.15, -0.1) is 0 Å². The monoisotopic (exact) mass is 390 g/mol. The molecule has 9 nitrogen and oxygen atoms in total. The van der Waals surface area contributed by atoms with Gasteiger partial charge in [0.15, 0.2) is 5.69 Å². The molecule has 0 aromatic carbocycles. The van der Waals surface area contributed by atoms with Crippen molar-refractivity contribution in [3.05, 3.63) is 47.1 Å². The molecule has 0 fully saturated rings. The van der Waals surface area contributed by atoms with E-state index >= 15 is 0 Å². The van der Waals surface area contributed by atoms with Crippen molar-refractivity contribution in [1.29, 1.82) is 0 Å². The molecular formula is C17H19ClN6O3. The summed E-state index contributed by atoms with van der Waals surface area (Å²) in [4.78, 5) is 40.7. The van der Waals surface area contributed by atoms with Gasteiger partial charge < -0.3 is 15.0 Å². The molecule has 0 saturated carbocycles. The molecule has 10 heteroatoms. The fraction of sp³-hybridized carbons (Fsp3) is 0.353. The number of nitrogens with one attached hydrogen (secondary N) is 1. The lowest BCUT2D eigenvalue weighted by molar-refractivity contribution is 0.0605. The number of hydrogen-bond acceptors (Lipinski definition) is 7. The van der Waals surface area contributed by atoms with Crippen LogP contribution in [0.3, 0.4) is 0 Å². The highest BCUT2D eigenvalue weighted by Gasteiger charge is 2.44. The first-order valence-corrected chi connectivity index (χ1v) is 8.80. The van der Waals surface area contributed by atoms with Crippen LogP contribution < -0.4 is 10.2 Å². The minimum atomic E-state index is -1.05. The van der Waals surface area contributed by atoms with Crippen molar-refractivity contribution < 1.29 is 14.3 Å². The zero-order valence-electron chi connectivity index (χ0n) is 14.9. The van der Waals surface area contributed by atoms with Gasteiger partial charge >= 0.3 is 6.09 Å². The summed E-state index contributed by atoms with van der Waals surface area (Å²) in [5.41, 5.74) is 0.405. The number of amides is 2. The summed E-state index contributed by atoms with van der Waals surface area (Å²) in [6.45, 7) is 3.40. The van der Waals surface area contributed by atoms with E-state index in [1.165, 1.54) is 28.4 Å². The number of pyridine rings is 1. The van der Waals surface area contributed by atoms with Crippen molar-refractivity contribution >= 4 is 29.4 Å². The van der Waals surface area contributed by atoms with Crippen molar-refractivity contribution in [1.82, 2.24) is 25.2 Å². The first kappa shape index (κ1) is 19.0. The van der Waals surface area contributed by atoms with Gasteiger partial charge in [-0.25, -0.2) is 19.7 Å². The van der Waals surface area contributed by atoms with Crippen molar-refractivity contribution in [2.45, 2.75) is 13.2 Å². The molecule has 1 aliphatic rings. The van der Waals surface area contributed by atoms with Gasteiger partial charge in [0.05, 0.1) is 5.02 Å². The number of likely N-dealkylation sites (N-methyl/N-ethyl adjacent to an activating group) is 2. The second-order valence-corrected chi connectivity index (χ2v) is 6.16.